The minimum atomic E-state index is -4.29. The molecule has 0 bridgehead atoms. The highest BCUT2D eigenvalue weighted by Gasteiger charge is 2.64. The minimum Gasteiger partial charge on any atom is -0.496 e. The number of pyridine rings is 2. The third-order valence-corrected chi connectivity index (χ3v) is 8.41. The molecule has 10 heteroatoms. The van der Waals surface area contributed by atoms with Crippen molar-refractivity contribution < 1.29 is 27.1 Å². The summed E-state index contributed by atoms with van der Waals surface area (Å²) in [5.41, 5.74) is 1.74. The molecule has 0 unspecified atom stereocenters. The lowest BCUT2D eigenvalue weighted by Crippen LogP contribution is -2.40. The summed E-state index contributed by atoms with van der Waals surface area (Å²) in [7, 11) is -2.81. The van der Waals surface area contributed by atoms with Gasteiger partial charge in [0.05, 0.1) is 29.5 Å². The number of hydrogen-bond donors (Lipinski definition) is 1. The summed E-state index contributed by atoms with van der Waals surface area (Å²) in [5, 5.41) is 0.402. The average Bonchev–Trinajstić information content (AvgIpc) is 3.66. The Morgan fingerprint density at radius 2 is 1.90 bits per heavy atom. The standard InChI is InChI=1S/C29H28FN3O5S/c1-5-38-27-22(30)12-13-24(32-27)21-16-29(21,20-15-17(2)9-14-25(20)37-4)28(34)33-39(35,36)26-8-6-7-23-19(26)11-10-18(3)31-23/h6-15,21H,5,16H2,1-4H3,(H,33,34)/t21-,29+/m0/s1. The lowest BCUT2D eigenvalue weighted by molar-refractivity contribution is -0.122. The van der Waals surface area contributed by atoms with E-state index in [1.807, 2.05) is 26.0 Å². The molecule has 1 aliphatic rings. The van der Waals surface area contributed by atoms with Crippen molar-refractivity contribution >= 4 is 26.8 Å². The third-order valence-electron chi connectivity index (χ3n) is 7.02. The predicted molar refractivity (Wildman–Crippen MR) is 144 cm³/mol. The van der Waals surface area contributed by atoms with Crippen LogP contribution in [0.1, 0.15) is 41.8 Å². The van der Waals surface area contributed by atoms with Gasteiger partial charge in [-0.3, -0.25) is 9.78 Å². The van der Waals surface area contributed by atoms with E-state index < -0.39 is 33.1 Å². The van der Waals surface area contributed by atoms with E-state index in [0.717, 1.165) is 11.3 Å². The van der Waals surface area contributed by atoms with Gasteiger partial charge in [0.2, 0.25) is 5.91 Å². The Morgan fingerprint density at radius 1 is 1.10 bits per heavy atom. The first-order valence-corrected chi connectivity index (χ1v) is 14.0. The van der Waals surface area contributed by atoms with E-state index in [0.29, 0.717) is 27.9 Å². The number of hydrogen-bond acceptors (Lipinski definition) is 7. The Balaban J connectivity index is 1.60. The van der Waals surface area contributed by atoms with Gasteiger partial charge in [0.15, 0.2) is 5.82 Å². The molecule has 2 heterocycles. The van der Waals surface area contributed by atoms with E-state index in [-0.39, 0.29) is 23.8 Å². The van der Waals surface area contributed by atoms with E-state index in [2.05, 4.69) is 14.7 Å². The van der Waals surface area contributed by atoms with Crippen LogP contribution >= 0.6 is 0 Å². The molecular formula is C29H28FN3O5S. The van der Waals surface area contributed by atoms with Gasteiger partial charge in [-0.05, 0) is 69.7 Å². The third kappa shape index (κ3) is 4.69. The number of fused-ring (bicyclic) bond motifs is 1. The van der Waals surface area contributed by atoms with Crippen LogP contribution in [0.5, 0.6) is 11.6 Å². The Labute approximate surface area is 226 Å². The van der Waals surface area contributed by atoms with Crippen LogP contribution in [0.25, 0.3) is 10.9 Å². The largest absolute Gasteiger partial charge is 0.496 e. The molecule has 2 aromatic heterocycles. The van der Waals surface area contributed by atoms with Crippen LogP contribution in [0.3, 0.4) is 0 Å². The molecule has 2 atom stereocenters. The molecule has 4 aromatic rings. The van der Waals surface area contributed by atoms with Crippen LogP contribution in [0.4, 0.5) is 4.39 Å². The number of aryl methyl sites for hydroxylation is 2. The van der Waals surface area contributed by atoms with Crippen molar-refractivity contribution in [3.63, 3.8) is 0 Å². The van der Waals surface area contributed by atoms with E-state index >= 15 is 0 Å². The topological polar surface area (TPSA) is 107 Å². The molecule has 0 radical (unpaired) electrons. The number of nitrogens with one attached hydrogen (secondary N) is 1. The Kier molecular flexibility index (Phi) is 6.76. The minimum absolute atomic E-state index is 0.0528. The van der Waals surface area contributed by atoms with Gasteiger partial charge in [0, 0.05) is 28.3 Å². The molecule has 39 heavy (non-hydrogen) atoms. The number of benzene rings is 2. The number of carbonyl (C=O) groups is 1. The highest BCUT2D eigenvalue weighted by atomic mass is 32.2. The molecule has 0 spiro atoms. The molecule has 5 rings (SSSR count). The maximum absolute atomic E-state index is 14.3. The van der Waals surface area contributed by atoms with Crippen LogP contribution in [-0.4, -0.2) is 38.0 Å². The molecule has 1 aliphatic carbocycles. The van der Waals surface area contributed by atoms with E-state index in [4.69, 9.17) is 9.47 Å². The molecular weight excluding hydrogens is 521 g/mol. The first kappa shape index (κ1) is 26.6. The molecule has 8 nitrogen and oxygen atoms in total. The molecule has 0 saturated heterocycles. The SMILES string of the molecule is CCOc1nc([C@@H]2C[C@@]2(C(=O)NS(=O)(=O)c2cccc3nc(C)ccc23)c2cc(C)ccc2OC)ccc1F. The van der Waals surface area contributed by atoms with Crippen molar-refractivity contribution in [2.75, 3.05) is 13.7 Å². The Hall–Kier alpha value is -4.05. The number of aromatic nitrogens is 2. The summed E-state index contributed by atoms with van der Waals surface area (Å²) >= 11 is 0. The lowest BCUT2D eigenvalue weighted by Gasteiger charge is -2.21. The van der Waals surface area contributed by atoms with Crippen LogP contribution in [0.15, 0.2) is 65.6 Å². The number of halogens is 1. The molecule has 2 aromatic carbocycles. The lowest BCUT2D eigenvalue weighted by atomic mass is 9.89. The van der Waals surface area contributed by atoms with Gasteiger partial charge in [-0.2, -0.15) is 0 Å². The number of methoxy groups -OCH3 is 1. The highest BCUT2D eigenvalue weighted by Crippen LogP contribution is 2.62. The number of rotatable bonds is 8. The van der Waals surface area contributed by atoms with Gasteiger partial charge in [0.25, 0.3) is 15.9 Å². The summed E-state index contributed by atoms with van der Waals surface area (Å²) in [6.07, 6.45) is 0.245. The second-order valence-corrected chi connectivity index (χ2v) is 11.2. The second kappa shape index (κ2) is 9.92. The monoisotopic (exact) mass is 549 g/mol. The number of ether oxygens (including phenoxy) is 2. The van der Waals surface area contributed by atoms with Gasteiger partial charge in [-0.1, -0.05) is 23.8 Å². The molecule has 1 N–H and O–H groups in total. The van der Waals surface area contributed by atoms with Crippen molar-refractivity contribution in [3.8, 4) is 11.6 Å². The van der Waals surface area contributed by atoms with Crippen molar-refractivity contribution in [2.45, 2.75) is 43.4 Å². The van der Waals surface area contributed by atoms with Crippen LogP contribution in [0, 0.1) is 19.7 Å². The molecule has 1 amide bonds. The van der Waals surface area contributed by atoms with E-state index in [9.17, 15) is 17.6 Å². The van der Waals surface area contributed by atoms with Gasteiger partial charge in [0.1, 0.15) is 5.75 Å². The van der Waals surface area contributed by atoms with Crippen LogP contribution < -0.4 is 14.2 Å². The van der Waals surface area contributed by atoms with Crippen molar-refractivity contribution in [1.29, 1.82) is 0 Å². The zero-order valence-electron chi connectivity index (χ0n) is 22.0. The second-order valence-electron chi connectivity index (χ2n) is 9.60. The predicted octanol–water partition coefficient (Wildman–Crippen LogP) is 4.72. The van der Waals surface area contributed by atoms with Gasteiger partial charge >= 0.3 is 0 Å². The van der Waals surface area contributed by atoms with Crippen molar-refractivity contribution in [2.24, 2.45) is 0 Å². The van der Waals surface area contributed by atoms with E-state index in [1.165, 1.54) is 25.3 Å². The summed E-state index contributed by atoms with van der Waals surface area (Å²) < 4.78 is 54.7. The van der Waals surface area contributed by atoms with Crippen molar-refractivity contribution in [3.05, 3.63) is 89.0 Å². The first-order chi connectivity index (χ1) is 18.6. The Bertz CT molecular complexity index is 1710. The smallest absolute Gasteiger partial charge is 0.264 e. The van der Waals surface area contributed by atoms with Gasteiger partial charge in [-0.15, -0.1) is 0 Å². The summed E-state index contributed by atoms with van der Waals surface area (Å²) in [5.74, 6) is -1.62. The molecule has 202 valence electrons. The maximum atomic E-state index is 14.3. The fourth-order valence-corrected chi connectivity index (χ4v) is 6.32. The fourth-order valence-electron chi connectivity index (χ4n) is 5.06. The number of nitrogens with zero attached hydrogens (tertiary/aromatic N) is 2. The average molecular weight is 550 g/mol. The highest BCUT2D eigenvalue weighted by molar-refractivity contribution is 7.90. The van der Waals surface area contributed by atoms with Gasteiger partial charge < -0.3 is 9.47 Å². The summed E-state index contributed by atoms with van der Waals surface area (Å²) in [6, 6.07) is 16.3. The summed E-state index contributed by atoms with van der Waals surface area (Å²) in [6.45, 7) is 5.62. The van der Waals surface area contributed by atoms with Crippen molar-refractivity contribution in [1.82, 2.24) is 14.7 Å². The van der Waals surface area contributed by atoms with Gasteiger partial charge in [-0.25, -0.2) is 22.5 Å². The zero-order valence-corrected chi connectivity index (χ0v) is 22.8. The first-order valence-electron chi connectivity index (χ1n) is 12.5. The molecule has 1 fully saturated rings. The number of carbonyl (C=O) groups excluding carboxylic acids is 1. The maximum Gasteiger partial charge on any atom is 0.264 e. The molecule has 0 aliphatic heterocycles. The number of sulfonamides is 1. The van der Waals surface area contributed by atoms with E-state index in [1.54, 1.807) is 37.3 Å². The van der Waals surface area contributed by atoms with Crippen LogP contribution in [0.2, 0.25) is 0 Å². The fraction of sp³-hybridized carbons (Fsp3) is 0.276. The number of amides is 1. The quantitative estimate of drug-likeness (QED) is 0.339. The normalized spacial score (nSPS) is 18.5. The zero-order chi connectivity index (χ0) is 27.9. The summed E-state index contributed by atoms with van der Waals surface area (Å²) in [4.78, 5) is 22.7. The molecule has 1 saturated carbocycles. The Morgan fingerprint density at radius 3 is 2.64 bits per heavy atom. The van der Waals surface area contributed by atoms with Crippen LogP contribution in [-0.2, 0) is 20.2 Å².